The van der Waals surface area contributed by atoms with Gasteiger partial charge in [0, 0.05) is 36.6 Å². The molecule has 0 spiro atoms. The van der Waals surface area contributed by atoms with Crippen molar-refractivity contribution in [2.45, 2.75) is 35.8 Å². The standard InChI is InChI=1S/C18H18ClN7O2S2/c1-2-10-13(19)12-14(21-4-3-6-26-7-5-20-9-26)24-17(25-15(12)22-10)30-18-23-11(8-29-18)16(27)28/h5,7-9H,2-4,6H2,1H3,(H,27,28)(H2,21,22,24,25). The van der Waals surface area contributed by atoms with Gasteiger partial charge in [0.15, 0.2) is 15.2 Å². The monoisotopic (exact) mass is 463 g/mol. The zero-order chi connectivity index (χ0) is 21.1. The molecule has 0 aromatic carbocycles. The number of carbonyl (C=O) groups is 1. The van der Waals surface area contributed by atoms with E-state index in [9.17, 15) is 4.79 Å². The van der Waals surface area contributed by atoms with E-state index in [0.717, 1.165) is 30.5 Å². The number of carboxylic acids is 1. The maximum absolute atomic E-state index is 11.1. The fourth-order valence-electron chi connectivity index (χ4n) is 2.87. The van der Waals surface area contributed by atoms with E-state index in [0.29, 0.717) is 32.5 Å². The maximum Gasteiger partial charge on any atom is 0.355 e. The Kier molecular flexibility index (Phi) is 6.21. The summed E-state index contributed by atoms with van der Waals surface area (Å²) in [6.45, 7) is 3.54. The summed E-state index contributed by atoms with van der Waals surface area (Å²) in [5, 5.41) is 15.8. The molecule has 156 valence electrons. The van der Waals surface area contributed by atoms with Crippen molar-refractivity contribution in [3.63, 3.8) is 0 Å². The van der Waals surface area contributed by atoms with Crippen LogP contribution in [0.4, 0.5) is 5.82 Å². The molecule has 0 amide bonds. The van der Waals surface area contributed by atoms with Gasteiger partial charge in [-0.15, -0.1) is 11.3 Å². The fourth-order valence-corrected chi connectivity index (χ4v) is 4.88. The summed E-state index contributed by atoms with van der Waals surface area (Å²) in [4.78, 5) is 31.7. The molecule has 0 aliphatic carbocycles. The van der Waals surface area contributed by atoms with Crippen molar-refractivity contribution in [1.29, 1.82) is 0 Å². The number of H-pyrrole nitrogens is 1. The van der Waals surface area contributed by atoms with Crippen molar-refractivity contribution in [2.24, 2.45) is 0 Å². The number of aromatic nitrogens is 6. The van der Waals surface area contributed by atoms with E-state index in [1.165, 1.54) is 28.5 Å². The van der Waals surface area contributed by atoms with Crippen LogP contribution in [-0.4, -0.2) is 47.1 Å². The lowest BCUT2D eigenvalue weighted by molar-refractivity contribution is 0.0691. The van der Waals surface area contributed by atoms with Crippen LogP contribution in [0.3, 0.4) is 0 Å². The predicted molar refractivity (Wildman–Crippen MR) is 117 cm³/mol. The number of carboxylic acid groups (broad SMARTS) is 1. The van der Waals surface area contributed by atoms with Crippen LogP contribution in [0.15, 0.2) is 33.6 Å². The normalized spacial score (nSPS) is 11.3. The average molecular weight is 464 g/mol. The van der Waals surface area contributed by atoms with Gasteiger partial charge in [-0.2, -0.15) is 0 Å². The molecule has 0 atom stereocenters. The number of aromatic carboxylic acids is 1. The number of nitrogens with one attached hydrogen (secondary N) is 2. The average Bonchev–Trinajstić information content (AvgIpc) is 3.46. The molecule has 0 saturated carbocycles. The lowest BCUT2D eigenvalue weighted by atomic mass is 10.3. The molecule has 0 bridgehead atoms. The largest absolute Gasteiger partial charge is 0.476 e. The Morgan fingerprint density at radius 1 is 1.40 bits per heavy atom. The van der Waals surface area contributed by atoms with Crippen LogP contribution in [0.1, 0.15) is 29.5 Å². The summed E-state index contributed by atoms with van der Waals surface area (Å²) >= 11 is 9.02. The number of fused-ring (bicyclic) bond motifs is 1. The maximum atomic E-state index is 11.1. The van der Waals surface area contributed by atoms with Crippen LogP contribution in [0.25, 0.3) is 11.0 Å². The number of imidazole rings is 1. The van der Waals surface area contributed by atoms with Crippen LogP contribution in [0, 0.1) is 0 Å². The smallest absolute Gasteiger partial charge is 0.355 e. The highest BCUT2D eigenvalue weighted by molar-refractivity contribution is 8.00. The van der Waals surface area contributed by atoms with E-state index < -0.39 is 5.97 Å². The number of rotatable bonds is 9. The molecule has 12 heteroatoms. The Bertz CT molecular complexity index is 1170. The summed E-state index contributed by atoms with van der Waals surface area (Å²) in [7, 11) is 0. The van der Waals surface area contributed by atoms with Gasteiger partial charge in [-0.3, -0.25) is 0 Å². The molecule has 0 aliphatic rings. The third-order valence-electron chi connectivity index (χ3n) is 4.32. The molecule has 4 rings (SSSR count). The number of hydrogen-bond acceptors (Lipinski definition) is 8. The number of nitrogens with zero attached hydrogens (tertiary/aromatic N) is 5. The third-order valence-corrected chi connectivity index (χ3v) is 6.54. The van der Waals surface area contributed by atoms with Gasteiger partial charge >= 0.3 is 5.97 Å². The van der Waals surface area contributed by atoms with E-state index in [1.807, 2.05) is 17.7 Å². The number of aryl methyl sites for hydroxylation is 2. The summed E-state index contributed by atoms with van der Waals surface area (Å²) < 4.78 is 2.57. The molecule has 30 heavy (non-hydrogen) atoms. The van der Waals surface area contributed by atoms with E-state index in [2.05, 4.69) is 30.2 Å². The van der Waals surface area contributed by atoms with E-state index >= 15 is 0 Å². The van der Waals surface area contributed by atoms with Crippen molar-refractivity contribution in [3.05, 3.63) is 40.5 Å². The second kappa shape index (κ2) is 9.02. The van der Waals surface area contributed by atoms with Gasteiger partial charge in [0.1, 0.15) is 11.5 Å². The Hall–Kier alpha value is -2.63. The first-order valence-electron chi connectivity index (χ1n) is 9.19. The molecular formula is C18H18ClN7O2S2. The molecule has 0 saturated heterocycles. The molecule has 0 fully saturated rings. The minimum absolute atomic E-state index is 0.0117. The topological polar surface area (TPSA) is 122 Å². The van der Waals surface area contributed by atoms with Gasteiger partial charge in [0.2, 0.25) is 0 Å². The SMILES string of the molecule is CCc1[nH]c2nc(Sc3nc(C(=O)O)cs3)nc(NCCCn3ccnc3)c2c1Cl. The van der Waals surface area contributed by atoms with Crippen LogP contribution >= 0.6 is 34.7 Å². The predicted octanol–water partition coefficient (Wildman–Crippen LogP) is 4.18. The van der Waals surface area contributed by atoms with E-state index in [-0.39, 0.29) is 5.69 Å². The summed E-state index contributed by atoms with van der Waals surface area (Å²) in [6, 6.07) is 0. The molecule has 4 aromatic heterocycles. The minimum Gasteiger partial charge on any atom is -0.476 e. The first kappa shape index (κ1) is 20.6. The number of hydrogen-bond donors (Lipinski definition) is 3. The zero-order valence-electron chi connectivity index (χ0n) is 15.9. The van der Waals surface area contributed by atoms with Crippen molar-refractivity contribution >= 4 is 57.5 Å². The Labute approximate surface area is 184 Å². The molecule has 9 nitrogen and oxygen atoms in total. The quantitative estimate of drug-likeness (QED) is 0.249. The lowest BCUT2D eigenvalue weighted by Crippen LogP contribution is -2.08. The molecule has 3 N–H and O–H groups in total. The van der Waals surface area contributed by atoms with E-state index in [1.54, 1.807) is 12.5 Å². The minimum atomic E-state index is -1.06. The van der Waals surface area contributed by atoms with Crippen LogP contribution < -0.4 is 5.32 Å². The Morgan fingerprint density at radius 3 is 2.97 bits per heavy atom. The molecule has 4 aromatic rings. The van der Waals surface area contributed by atoms with Gasteiger partial charge < -0.3 is 20.0 Å². The molecular weight excluding hydrogens is 446 g/mol. The first-order valence-corrected chi connectivity index (χ1v) is 11.3. The summed E-state index contributed by atoms with van der Waals surface area (Å²) in [5.74, 6) is -0.414. The number of aromatic amines is 1. The summed E-state index contributed by atoms with van der Waals surface area (Å²) in [5.41, 5.74) is 1.55. The third kappa shape index (κ3) is 4.42. The lowest BCUT2D eigenvalue weighted by Gasteiger charge is -2.09. The second-order valence-electron chi connectivity index (χ2n) is 6.34. The highest BCUT2D eigenvalue weighted by Gasteiger charge is 2.18. The molecule has 0 unspecified atom stereocenters. The molecule has 0 radical (unpaired) electrons. The Morgan fingerprint density at radius 2 is 2.27 bits per heavy atom. The highest BCUT2D eigenvalue weighted by atomic mass is 35.5. The first-order chi connectivity index (χ1) is 14.5. The number of halogens is 1. The van der Waals surface area contributed by atoms with Gasteiger partial charge in [-0.25, -0.2) is 24.7 Å². The van der Waals surface area contributed by atoms with Crippen LogP contribution in [0.2, 0.25) is 5.02 Å². The van der Waals surface area contributed by atoms with E-state index in [4.69, 9.17) is 16.7 Å². The highest BCUT2D eigenvalue weighted by Crippen LogP contribution is 2.35. The fraction of sp³-hybridized carbons (Fsp3) is 0.278. The van der Waals surface area contributed by atoms with Gasteiger partial charge in [0.05, 0.1) is 16.7 Å². The second-order valence-corrected chi connectivity index (χ2v) is 8.79. The van der Waals surface area contributed by atoms with Crippen molar-refractivity contribution in [1.82, 2.24) is 29.5 Å². The molecule has 0 aliphatic heterocycles. The summed E-state index contributed by atoms with van der Waals surface area (Å²) in [6.07, 6.45) is 7.08. The number of anilines is 1. The van der Waals surface area contributed by atoms with Crippen molar-refractivity contribution in [2.75, 3.05) is 11.9 Å². The van der Waals surface area contributed by atoms with Crippen molar-refractivity contribution in [3.8, 4) is 0 Å². The Balaban J connectivity index is 1.58. The molecule has 4 heterocycles. The number of thiazole rings is 1. The van der Waals surface area contributed by atoms with Gasteiger partial charge in [-0.05, 0) is 24.6 Å². The van der Waals surface area contributed by atoms with Gasteiger partial charge in [-0.1, -0.05) is 18.5 Å². The van der Waals surface area contributed by atoms with Gasteiger partial charge in [0.25, 0.3) is 0 Å². The van der Waals surface area contributed by atoms with Crippen LogP contribution in [-0.2, 0) is 13.0 Å². The van der Waals surface area contributed by atoms with Crippen molar-refractivity contribution < 1.29 is 9.90 Å². The zero-order valence-corrected chi connectivity index (χ0v) is 18.3. The van der Waals surface area contributed by atoms with Crippen LogP contribution in [0.5, 0.6) is 0 Å².